The maximum atomic E-state index is 5.82. The lowest BCUT2D eigenvalue weighted by Crippen LogP contribution is -2.33. The summed E-state index contributed by atoms with van der Waals surface area (Å²) in [5.41, 5.74) is 0.365. The maximum Gasteiger partial charge on any atom is 0.119 e. The minimum Gasteiger partial charge on any atom is -0.494 e. The SMILES string of the molecule is CCC(CC)(CCOc1ccc(Br)cc1)CNC. The monoisotopic (exact) mass is 313 g/mol. The molecule has 0 aliphatic heterocycles. The number of hydrogen-bond donors (Lipinski definition) is 1. The molecule has 3 heteroatoms. The average molecular weight is 314 g/mol. The highest BCUT2D eigenvalue weighted by atomic mass is 79.9. The highest BCUT2D eigenvalue weighted by molar-refractivity contribution is 9.10. The van der Waals surface area contributed by atoms with E-state index in [0.29, 0.717) is 5.41 Å². The van der Waals surface area contributed by atoms with Crippen LogP contribution in [-0.4, -0.2) is 20.2 Å². The van der Waals surface area contributed by atoms with Crippen LogP contribution in [0.5, 0.6) is 5.75 Å². The highest BCUT2D eigenvalue weighted by Gasteiger charge is 2.24. The van der Waals surface area contributed by atoms with Gasteiger partial charge in [-0.1, -0.05) is 29.8 Å². The van der Waals surface area contributed by atoms with Crippen molar-refractivity contribution < 1.29 is 4.74 Å². The van der Waals surface area contributed by atoms with Crippen LogP contribution in [0, 0.1) is 5.41 Å². The van der Waals surface area contributed by atoms with E-state index in [4.69, 9.17) is 4.74 Å². The first-order valence-corrected chi connectivity index (χ1v) is 7.48. The van der Waals surface area contributed by atoms with Crippen LogP contribution < -0.4 is 10.1 Å². The third-order valence-corrected chi connectivity index (χ3v) is 4.30. The van der Waals surface area contributed by atoms with Crippen molar-refractivity contribution >= 4 is 15.9 Å². The summed E-state index contributed by atoms with van der Waals surface area (Å²) < 4.78 is 6.90. The normalized spacial score (nSPS) is 11.6. The molecule has 0 bridgehead atoms. The van der Waals surface area contributed by atoms with Crippen molar-refractivity contribution in [3.63, 3.8) is 0 Å². The zero-order valence-electron chi connectivity index (χ0n) is 11.6. The molecule has 0 heterocycles. The first-order chi connectivity index (χ1) is 8.65. The molecule has 1 N–H and O–H groups in total. The van der Waals surface area contributed by atoms with Crippen LogP contribution in [-0.2, 0) is 0 Å². The molecule has 0 aliphatic rings. The van der Waals surface area contributed by atoms with E-state index in [9.17, 15) is 0 Å². The first kappa shape index (κ1) is 15.5. The molecule has 0 aromatic heterocycles. The van der Waals surface area contributed by atoms with Crippen LogP contribution in [0.1, 0.15) is 33.1 Å². The second-order valence-electron chi connectivity index (χ2n) is 4.79. The summed E-state index contributed by atoms with van der Waals surface area (Å²) in [4.78, 5) is 0. The summed E-state index contributed by atoms with van der Waals surface area (Å²) in [6, 6.07) is 8.02. The van der Waals surface area contributed by atoms with E-state index in [1.807, 2.05) is 31.3 Å². The fourth-order valence-electron chi connectivity index (χ4n) is 2.23. The molecule has 1 aromatic carbocycles. The molecule has 0 fully saturated rings. The molecule has 2 nitrogen and oxygen atoms in total. The van der Waals surface area contributed by atoms with Crippen LogP contribution in [0.25, 0.3) is 0 Å². The van der Waals surface area contributed by atoms with Crippen LogP contribution >= 0.6 is 15.9 Å². The fourth-order valence-corrected chi connectivity index (χ4v) is 2.50. The van der Waals surface area contributed by atoms with Crippen molar-refractivity contribution in [1.29, 1.82) is 0 Å². The Hall–Kier alpha value is -0.540. The van der Waals surface area contributed by atoms with Crippen LogP contribution in [0.15, 0.2) is 28.7 Å². The van der Waals surface area contributed by atoms with Gasteiger partial charge in [-0.25, -0.2) is 0 Å². The number of halogens is 1. The molecule has 0 amide bonds. The Balaban J connectivity index is 2.45. The van der Waals surface area contributed by atoms with E-state index < -0.39 is 0 Å². The molecule has 18 heavy (non-hydrogen) atoms. The minimum absolute atomic E-state index is 0.365. The van der Waals surface area contributed by atoms with Crippen LogP contribution in [0.3, 0.4) is 0 Å². The molecule has 0 saturated heterocycles. The number of nitrogens with one attached hydrogen (secondary N) is 1. The highest BCUT2D eigenvalue weighted by Crippen LogP contribution is 2.30. The van der Waals surface area contributed by atoms with Gasteiger partial charge in [-0.15, -0.1) is 0 Å². The number of rotatable bonds is 8. The smallest absolute Gasteiger partial charge is 0.119 e. The first-order valence-electron chi connectivity index (χ1n) is 6.69. The van der Waals surface area contributed by atoms with E-state index in [0.717, 1.165) is 29.8 Å². The topological polar surface area (TPSA) is 21.3 Å². The summed E-state index contributed by atoms with van der Waals surface area (Å²) in [6.07, 6.45) is 3.47. The van der Waals surface area contributed by atoms with Gasteiger partial charge >= 0.3 is 0 Å². The van der Waals surface area contributed by atoms with Crippen LogP contribution in [0.2, 0.25) is 0 Å². The Morgan fingerprint density at radius 2 is 1.78 bits per heavy atom. The number of hydrogen-bond acceptors (Lipinski definition) is 2. The Bertz CT molecular complexity index is 333. The van der Waals surface area contributed by atoms with Crippen molar-refractivity contribution in [2.45, 2.75) is 33.1 Å². The Labute approximate surface area is 119 Å². The summed E-state index contributed by atoms with van der Waals surface area (Å²) in [5.74, 6) is 0.948. The molecular weight excluding hydrogens is 290 g/mol. The fraction of sp³-hybridized carbons (Fsp3) is 0.600. The van der Waals surface area contributed by atoms with E-state index in [1.165, 1.54) is 12.8 Å². The molecule has 102 valence electrons. The quantitative estimate of drug-likeness (QED) is 0.775. The van der Waals surface area contributed by atoms with Gasteiger partial charge in [-0.3, -0.25) is 0 Å². The van der Waals surface area contributed by atoms with E-state index in [2.05, 4.69) is 35.1 Å². The van der Waals surface area contributed by atoms with E-state index >= 15 is 0 Å². The largest absolute Gasteiger partial charge is 0.494 e. The van der Waals surface area contributed by atoms with Crippen molar-refractivity contribution in [3.8, 4) is 5.75 Å². The minimum atomic E-state index is 0.365. The molecule has 1 aromatic rings. The van der Waals surface area contributed by atoms with Gasteiger partial charge in [0.15, 0.2) is 0 Å². The van der Waals surface area contributed by atoms with Gasteiger partial charge in [-0.2, -0.15) is 0 Å². The zero-order chi connectivity index (χ0) is 13.4. The van der Waals surface area contributed by atoms with Crippen molar-refractivity contribution in [2.75, 3.05) is 20.2 Å². The molecule has 1 rings (SSSR count). The van der Waals surface area contributed by atoms with Gasteiger partial charge in [-0.05, 0) is 56.0 Å². The summed E-state index contributed by atoms with van der Waals surface area (Å²) in [7, 11) is 2.02. The van der Waals surface area contributed by atoms with E-state index in [-0.39, 0.29) is 0 Å². The second-order valence-corrected chi connectivity index (χ2v) is 5.71. The summed E-state index contributed by atoms with van der Waals surface area (Å²) in [6.45, 7) is 6.37. The number of benzene rings is 1. The van der Waals surface area contributed by atoms with Gasteiger partial charge in [0.25, 0.3) is 0 Å². The number of ether oxygens (including phenoxy) is 1. The second kappa shape index (κ2) is 7.80. The molecule has 0 saturated carbocycles. The zero-order valence-corrected chi connectivity index (χ0v) is 13.2. The van der Waals surface area contributed by atoms with Crippen LogP contribution in [0.4, 0.5) is 0 Å². The summed E-state index contributed by atoms with van der Waals surface area (Å²) in [5, 5.41) is 3.30. The molecule has 0 atom stereocenters. The molecule has 0 aliphatic carbocycles. The van der Waals surface area contributed by atoms with E-state index in [1.54, 1.807) is 0 Å². The predicted octanol–water partition coefficient (Wildman–Crippen LogP) is 4.24. The van der Waals surface area contributed by atoms with Gasteiger partial charge in [0.2, 0.25) is 0 Å². The van der Waals surface area contributed by atoms with Crippen molar-refractivity contribution in [1.82, 2.24) is 5.32 Å². The molecule has 0 radical (unpaired) electrons. The Kier molecular flexibility index (Phi) is 6.72. The molecular formula is C15H24BrNO. The average Bonchev–Trinajstić information content (AvgIpc) is 2.40. The lowest BCUT2D eigenvalue weighted by molar-refractivity contribution is 0.178. The summed E-state index contributed by atoms with van der Waals surface area (Å²) >= 11 is 3.42. The Morgan fingerprint density at radius 3 is 2.28 bits per heavy atom. The van der Waals surface area contributed by atoms with Gasteiger partial charge < -0.3 is 10.1 Å². The third-order valence-electron chi connectivity index (χ3n) is 3.77. The lowest BCUT2D eigenvalue weighted by atomic mass is 9.79. The Morgan fingerprint density at radius 1 is 1.17 bits per heavy atom. The third kappa shape index (κ3) is 4.62. The van der Waals surface area contributed by atoms with Crippen molar-refractivity contribution in [3.05, 3.63) is 28.7 Å². The lowest BCUT2D eigenvalue weighted by Gasteiger charge is -2.31. The van der Waals surface area contributed by atoms with Gasteiger partial charge in [0.05, 0.1) is 6.61 Å². The molecule has 0 unspecified atom stereocenters. The maximum absolute atomic E-state index is 5.82. The molecule has 0 spiro atoms. The van der Waals surface area contributed by atoms with Crippen molar-refractivity contribution in [2.24, 2.45) is 5.41 Å². The van der Waals surface area contributed by atoms with Gasteiger partial charge in [0.1, 0.15) is 5.75 Å². The standard InChI is InChI=1S/C15H24BrNO/c1-4-15(5-2,12-17-3)10-11-18-14-8-6-13(16)7-9-14/h6-9,17H,4-5,10-12H2,1-3H3. The predicted molar refractivity (Wildman–Crippen MR) is 81.2 cm³/mol. The van der Waals surface area contributed by atoms with Gasteiger partial charge in [0, 0.05) is 11.0 Å².